The molecule has 1 amide bonds. The Morgan fingerprint density at radius 3 is 2.50 bits per heavy atom. The van der Waals surface area contributed by atoms with Crippen LogP contribution in [0.1, 0.15) is 30.6 Å². The molecule has 1 aromatic carbocycles. The van der Waals surface area contributed by atoms with E-state index in [0.29, 0.717) is 6.42 Å². The summed E-state index contributed by atoms with van der Waals surface area (Å²) in [6.07, 6.45) is 8.32. The van der Waals surface area contributed by atoms with E-state index in [9.17, 15) is 14.1 Å². The zero-order valence-electron chi connectivity index (χ0n) is 17.1. The van der Waals surface area contributed by atoms with E-state index in [0.717, 1.165) is 10.2 Å². The number of aromatic hydroxyl groups is 1. The zero-order chi connectivity index (χ0) is 22.3. The molecule has 10 heteroatoms. The normalized spacial score (nSPS) is 17.4. The second-order valence-electron chi connectivity index (χ2n) is 6.07. The smallest absolute Gasteiger partial charge is 0.269 e. The average Bonchev–Trinajstić information content (AvgIpc) is 2.94. The van der Waals surface area contributed by atoms with Gasteiger partial charge in [-0.05, 0) is 24.6 Å². The van der Waals surface area contributed by atoms with E-state index in [2.05, 4.69) is 35.4 Å². The highest BCUT2D eigenvalue weighted by atomic mass is 79.9. The quantitative estimate of drug-likeness (QED) is 0.557. The van der Waals surface area contributed by atoms with E-state index < -0.39 is 11.2 Å². The van der Waals surface area contributed by atoms with Gasteiger partial charge >= 0.3 is 0 Å². The van der Waals surface area contributed by atoms with Gasteiger partial charge in [-0.25, -0.2) is 4.21 Å². The lowest BCUT2D eigenvalue weighted by molar-refractivity contribution is 0.0824. The molecule has 0 saturated heterocycles. The van der Waals surface area contributed by atoms with E-state index in [1.165, 1.54) is 11.0 Å². The highest BCUT2D eigenvalue weighted by Gasteiger charge is 2.23. The van der Waals surface area contributed by atoms with Gasteiger partial charge in [0.25, 0.3) is 17.1 Å². The molecule has 1 atom stereocenters. The molecule has 0 radical (unpaired) electrons. The van der Waals surface area contributed by atoms with Gasteiger partial charge in [-0.1, -0.05) is 54.1 Å². The van der Waals surface area contributed by atoms with Gasteiger partial charge < -0.3 is 20.6 Å². The van der Waals surface area contributed by atoms with Gasteiger partial charge in [-0.2, -0.15) is 0 Å². The number of nitrogens with one attached hydrogen (secondary N) is 2. The van der Waals surface area contributed by atoms with E-state index >= 15 is 0 Å². The molecule has 30 heavy (non-hydrogen) atoms. The minimum absolute atomic E-state index is 0.143. The molecule has 0 aromatic heterocycles. The lowest BCUT2D eigenvalue weighted by Gasteiger charge is -2.15. The number of hydrogen-bond acceptors (Lipinski definition) is 5. The van der Waals surface area contributed by atoms with Crippen LogP contribution in [0.15, 0.2) is 61.5 Å². The zero-order valence-corrected chi connectivity index (χ0v) is 19.5. The summed E-state index contributed by atoms with van der Waals surface area (Å²) < 4.78 is 20.7. The molecule has 1 unspecified atom stereocenters. The number of phenolic OH excluding ortho intramolecular Hbond substituents is 1. The van der Waals surface area contributed by atoms with Crippen molar-refractivity contribution in [1.29, 1.82) is 0 Å². The van der Waals surface area contributed by atoms with Crippen molar-refractivity contribution in [2.24, 2.45) is 8.80 Å². The van der Waals surface area contributed by atoms with Crippen molar-refractivity contribution in [3.63, 3.8) is 0 Å². The molecule has 0 bridgehead atoms. The van der Waals surface area contributed by atoms with Crippen LogP contribution in [-0.4, -0.2) is 45.9 Å². The number of halogens is 1. The summed E-state index contributed by atoms with van der Waals surface area (Å²) in [5.41, 5.74) is 1.15. The summed E-state index contributed by atoms with van der Waals surface area (Å²) in [7, 11) is 3.20. The molecule has 1 aromatic rings. The van der Waals surface area contributed by atoms with Crippen LogP contribution in [0.5, 0.6) is 5.75 Å². The average molecular weight is 494 g/mol. The fraction of sp³-hybridized carbons (Fsp3) is 0.250. The third-order valence-electron chi connectivity index (χ3n) is 3.84. The molecule has 0 saturated carbocycles. The van der Waals surface area contributed by atoms with Gasteiger partial charge in [0, 0.05) is 18.6 Å². The van der Waals surface area contributed by atoms with E-state index in [4.69, 9.17) is 0 Å². The second-order valence-corrected chi connectivity index (χ2v) is 7.86. The highest BCUT2D eigenvalue weighted by molar-refractivity contribution is 9.11. The maximum atomic E-state index is 12.2. The molecule has 2 aliphatic rings. The lowest BCUT2D eigenvalue weighted by atomic mass is 10.1. The van der Waals surface area contributed by atoms with Gasteiger partial charge in [0.1, 0.15) is 0 Å². The third-order valence-corrected chi connectivity index (χ3v) is 5.27. The fourth-order valence-corrected chi connectivity index (χ4v) is 3.49. The van der Waals surface area contributed by atoms with Crippen molar-refractivity contribution in [3.8, 4) is 5.75 Å². The Kier molecular flexibility index (Phi) is 8.55. The van der Waals surface area contributed by atoms with Crippen molar-refractivity contribution < 1.29 is 14.1 Å². The Balaban J connectivity index is 0.00000155. The number of allylic oxidation sites excluding steroid dienone is 5. The van der Waals surface area contributed by atoms with E-state index in [1.54, 1.807) is 26.2 Å². The van der Waals surface area contributed by atoms with Crippen molar-refractivity contribution in [2.45, 2.75) is 20.3 Å². The van der Waals surface area contributed by atoms with Crippen molar-refractivity contribution >= 4 is 50.4 Å². The van der Waals surface area contributed by atoms with Crippen LogP contribution in [0.4, 0.5) is 5.69 Å². The summed E-state index contributed by atoms with van der Waals surface area (Å²) in [4.78, 5) is 13.6. The second kappa shape index (κ2) is 10.9. The first-order valence-electron chi connectivity index (χ1n) is 9.26. The Hall–Kier alpha value is -2.72. The van der Waals surface area contributed by atoms with Gasteiger partial charge in [-0.3, -0.25) is 4.79 Å². The molecule has 3 rings (SSSR count). The fourth-order valence-electron chi connectivity index (χ4n) is 2.45. The maximum absolute atomic E-state index is 12.2. The summed E-state index contributed by atoms with van der Waals surface area (Å²) >= 11 is 1.72. The van der Waals surface area contributed by atoms with E-state index in [1.807, 2.05) is 38.2 Å². The van der Waals surface area contributed by atoms with Crippen LogP contribution in [0.2, 0.25) is 0 Å². The van der Waals surface area contributed by atoms with Crippen LogP contribution in [0, 0.1) is 0 Å². The Labute approximate surface area is 187 Å². The number of amidine groups is 2. The maximum Gasteiger partial charge on any atom is 0.269 e. The van der Waals surface area contributed by atoms with Gasteiger partial charge in [0.2, 0.25) is 0 Å². The first-order chi connectivity index (χ1) is 14.4. The number of anilines is 1. The molecule has 160 valence electrons. The Morgan fingerprint density at radius 1 is 1.17 bits per heavy atom. The molecule has 8 nitrogen and oxygen atoms in total. The molecule has 3 N–H and O–H groups in total. The molecule has 1 heterocycles. The van der Waals surface area contributed by atoms with Gasteiger partial charge in [0.05, 0.1) is 16.9 Å². The summed E-state index contributed by atoms with van der Waals surface area (Å²) in [6, 6.07) is 4.75. The first-order valence-corrected chi connectivity index (χ1v) is 11.1. The van der Waals surface area contributed by atoms with Crippen LogP contribution >= 0.6 is 15.9 Å². The number of carbonyl (C=O) groups is 1. The minimum atomic E-state index is -1.79. The largest absolute Gasteiger partial charge is 0.505 e. The number of benzene rings is 1. The third kappa shape index (κ3) is 5.67. The number of amides is 1. The monoisotopic (exact) mass is 493 g/mol. The van der Waals surface area contributed by atoms with Crippen LogP contribution < -0.4 is 10.6 Å². The number of phenols is 1. The van der Waals surface area contributed by atoms with E-state index in [-0.39, 0.29) is 34.6 Å². The molecule has 1 aliphatic heterocycles. The predicted molar refractivity (Wildman–Crippen MR) is 126 cm³/mol. The topological polar surface area (TPSA) is 106 Å². The molecular weight excluding hydrogens is 470 g/mol. The summed E-state index contributed by atoms with van der Waals surface area (Å²) in [5, 5.41) is 16.5. The molecule has 0 fully saturated rings. The number of hydrogen-bond donors (Lipinski definition) is 3. The standard InChI is InChI=1S/C18H18BrN5O3S.C2H6/c1-24(2)18(26)11-7-6-10-14(15(11)25)21-17-16(22-28(27)23-17)20-13-9-5-3-4-8-12(13)19;1-2/h3-7,9-10,25H,8H2,1-2H3,(H,20,22)(H,21,23);1-2H3. The summed E-state index contributed by atoms with van der Waals surface area (Å²) in [5.74, 6) is -0.0998. The number of nitrogens with zero attached hydrogens (tertiary/aromatic N) is 3. The predicted octanol–water partition coefficient (Wildman–Crippen LogP) is 3.63. The molecule has 0 spiro atoms. The lowest BCUT2D eigenvalue weighted by Crippen LogP contribution is -2.33. The van der Waals surface area contributed by atoms with Gasteiger partial charge in [-0.15, -0.1) is 8.80 Å². The molecular formula is C20H24BrN5O3S. The number of rotatable bonds is 3. The first kappa shape index (κ1) is 23.6. The summed E-state index contributed by atoms with van der Waals surface area (Å²) in [6.45, 7) is 4.00. The SMILES string of the molecule is CC.CN(C)C(=O)c1cccc(NC2=NS(=O)N=C2NC2=C(Br)CC=CC=C2)c1O. The van der Waals surface area contributed by atoms with Crippen LogP contribution in [-0.2, 0) is 11.2 Å². The van der Waals surface area contributed by atoms with Crippen molar-refractivity contribution in [1.82, 2.24) is 10.2 Å². The highest BCUT2D eigenvalue weighted by Crippen LogP contribution is 2.29. The molecule has 1 aliphatic carbocycles. The number of carbonyl (C=O) groups excluding carboxylic acids is 1. The van der Waals surface area contributed by atoms with Crippen LogP contribution in [0.3, 0.4) is 0 Å². The van der Waals surface area contributed by atoms with Crippen molar-refractivity contribution in [2.75, 3.05) is 19.4 Å². The minimum Gasteiger partial charge on any atom is -0.505 e. The van der Waals surface area contributed by atoms with Gasteiger partial charge in [0.15, 0.2) is 17.4 Å². The number of para-hydroxylation sites is 1. The van der Waals surface area contributed by atoms with Crippen LogP contribution in [0.25, 0.3) is 0 Å². The Bertz CT molecular complexity index is 996. The van der Waals surface area contributed by atoms with Crippen molar-refractivity contribution in [3.05, 3.63) is 58.2 Å². The Morgan fingerprint density at radius 2 is 1.83 bits per heavy atom.